The topological polar surface area (TPSA) is 49.4 Å². The number of carbonyl (C=O) groups excluding carboxylic acids is 2. The molecular formula is C21H26N2O2S. The normalized spacial score (nSPS) is 17.2. The molecular weight excluding hydrogens is 344 g/mol. The lowest BCUT2D eigenvalue weighted by Gasteiger charge is -2.17. The number of hydrogen-bond acceptors (Lipinski definition) is 3. The first-order valence-electron chi connectivity index (χ1n) is 9.16. The van der Waals surface area contributed by atoms with E-state index in [0.29, 0.717) is 19.0 Å². The molecule has 1 atom stereocenters. The standard InChI is InChI=1S/C21H26N2O2S/c1-14(2)16-4-6-18(7-5-16)23-13-17(12-20(23)24)21(25)22-10-8-19-15(3)9-11-26-19/h4-7,9,11,14,17H,8,10,12-13H2,1-3H3,(H,22,25). The lowest BCUT2D eigenvalue weighted by Crippen LogP contribution is -2.34. The number of hydrogen-bond donors (Lipinski definition) is 1. The number of nitrogens with one attached hydrogen (secondary N) is 1. The Morgan fingerprint density at radius 1 is 1.27 bits per heavy atom. The van der Waals surface area contributed by atoms with Gasteiger partial charge in [-0.05, 0) is 54.0 Å². The Morgan fingerprint density at radius 3 is 2.62 bits per heavy atom. The first kappa shape index (κ1) is 18.6. The largest absolute Gasteiger partial charge is 0.355 e. The summed E-state index contributed by atoms with van der Waals surface area (Å²) in [6.07, 6.45) is 1.13. The van der Waals surface area contributed by atoms with Crippen LogP contribution in [0.25, 0.3) is 0 Å². The molecule has 5 heteroatoms. The predicted octanol–water partition coefficient (Wildman–Crippen LogP) is 3.89. The molecule has 0 radical (unpaired) electrons. The smallest absolute Gasteiger partial charge is 0.227 e. The van der Waals surface area contributed by atoms with Gasteiger partial charge in [0.15, 0.2) is 0 Å². The zero-order valence-corrected chi connectivity index (χ0v) is 16.4. The van der Waals surface area contributed by atoms with Gasteiger partial charge in [0.05, 0.1) is 5.92 Å². The summed E-state index contributed by atoms with van der Waals surface area (Å²) in [5, 5.41) is 5.07. The molecule has 2 amide bonds. The molecule has 26 heavy (non-hydrogen) atoms. The Labute approximate surface area is 159 Å². The van der Waals surface area contributed by atoms with E-state index in [0.717, 1.165) is 12.1 Å². The van der Waals surface area contributed by atoms with E-state index in [1.807, 2.05) is 12.1 Å². The zero-order chi connectivity index (χ0) is 18.7. The fourth-order valence-corrected chi connectivity index (χ4v) is 4.19. The van der Waals surface area contributed by atoms with E-state index in [9.17, 15) is 9.59 Å². The van der Waals surface area contributed by atoms with E-state index in [-0.39, 0.29) is 24.2 Å². The molecule has 0 bridgehead atoms. The van der Waals surface area contributed by atoms with Crippen molar-refractivity contribution in [3.05, 3.63) is 51.7 Å². The zero-order valence-electron chi connectivity index (χ0n) is 15.6. The minimum atomic E-state index is -0.267. The van der Waals surface area contributed by atoms with E-state index in [1.165, 1.54) is 16.0 Å². The van der Waals surface area contributed by atoms with Gasteiger partial charge in [0, 0.05) is 30.1 Å². The highest BCUT2D eigenvalue weighted by molar-refractivity contribution is 7.10. The van der Waals surface area contributed by atoms with Gasteiger partial charge in [-0.15, -0.1) is 11.3 Å². The van der Waals surface area contributed by atoms with E-state index in [2.05, 4.69) is 49.7 Å². The van der Waals surface area contributed by atoms with Gasteiger partial charge in [-0.2, -0.15) is 0 Å². The number of aryl methyl sites for hydroxylation is 1. The summed E-state index contributed by atoms with van der Waals surface area (Å²) in [5.41, 5.74) is 3.40. The Morgan fingerprint density at radius 2 is 2.00 bits per heavy atom. The van der Waals surface area contributed by atoms with Gasteiger partial charge in [-0.25, -0.2) is 0 Å². The molecule has 0 spiro atoms. The number of nitrogens with zero attached hydrogens (tertiary/aromatic N) is 1. The van der Waals surface area contributed by atoms with Gasteiger partial charge in [0.1, 0.15) is 0 Å². The van der Waals surface area contributed by atoms with Crippen molar-refractivity contribution in [1.82, 2.24) is 5.32 Å². The van der Waals surface area contributed by atoms with Gasteiger partial charge in [-0.1, -0.05) is 26.0 Å². The Balaban J connectivity index is 1.55. The maximum Gasteiger partial charge on any atom is 0.227 e. The molecule has 2 heterocycles. The highest BCUT2D eigenvalue weighted by Gasteiger charge is 2.34. The Kier molecular flexibility index (Phi) is 5.77. The lowest BCUT2D eigenvalue weighted by molar-refractivity contribution is -0.126. The Bertz CT molecular complexity index is 780. The molecule has 1 aliphatic rings. The van der Waals surface area contributed by atoms with Crippen molar-refractivity contribution < 1.29 is 9.59 Å². The summed E-state index contributed by atoms with van der Waals surface area (Å²) >= 11 is 1.72. The van der Waals surface area contributed by atoms with Crippen molar-refractivity contribution in [2.24, 2.45) is 5.92 Å². The molecule has 3 rings (SSSR count). The highest BCUT2D eigenvalue weighted by atomic mass is 32.1. The highest BCUT2D eigenvalue weighted by Crippen LogP contribution is 2.27. The fourth-order valence-electron chi connectivity index (χ4n) is 3.28. The molecule has 1 N–H and O–H groups in total. The third-order valence-corrected chi connectivity index (χ3v) is 6.07. The van der Waals surface area contributed by atoms with Crippen LogP contribution in [0.2, 0.25) is 0 Å². The number of benzene rings is 1. The minimum absolute atomic E-state index is 0.0196. The first-order valence-corrected chi connectivity index (χ1v) is 10.0. The second-order valence-electron chi connectivity index (χ2n) is 7.22. The summed E-state index contributed by atoms with van der Waals surface area (Å²) in [6.45, 7) is 7.46. The maximum atomic E-state index is 12.4. The van der Waals surface area contributed by atoms with Crippen molar-refractivity contribution in [3.63, 3.8) is 0 Å². The summed E-state index contributed by atoms with van der Waals surface area (Å²) in [5.74, 6) is 0.200. The van der Waals surface area contributed by atoms with Crippen LogP contribution in [0.4, 0.5) is 5.69 Å². The van der Waals surface area contributed by atoms with Gasteiger partial charge < -0.3 is 10.2 Å². The van der Waals surface area contributed by atoms with Crippen molar-refractivity contribution in [3.8, 4) is 0 Å². The third kappa shape index (κ3) is 4.15. The van der Waals surface area contributed by atoms with E-state index < -0.39 is 0 Å². The van der Waals surface area contributed by atoms with Gasteiger partial charge in [-0.3, -0.25) is 9.59 Å². The minimum Gasteiger partial charge on any atom is -0.355 e. The molecule has 1 unspecified atom stereocenters. The van der Waals surface area contributed by atoms with Crippen LogP contribution in [0.1, 0.15) is 42.2 Å². The molecule has 2 aromatic rings. The third-order valence-electron chi connectivity index (χ3n) is 4.99. The van der Waals surface area contributed by atoms with E-state index in [1.54, 1.807) is 16.2 Å². The molecule has 1 saturated heterocycles. The van der Waals surface area contributed by atoms with Crippen LogP contribution in [-0.2, 0) is 16.0 Å². The van der Waals surface area contributed by atoms with Crippen LogP contribution in [0.5, 0.6) is 0 Å². The summed E-state index contributed by atoms with van der Waals surface area (Å²) in [6, 6.07) is 10.2. The fraction of sp³-hybridized carbons (Fsp3) is 0.429. The summed E-state index contributed by atoms with van der Waals surface area (Å²) < 4.78 is 0. The van der Waals surface area contributed by atoms with Crippen LogP contribution < -0.4 is 10.2 Å². The number of thiophene rings is 1. The molecule has 4 nitrogen and oxygen atoms in total. The molecule has 138 valence electrons. The maximum absolute atomic E-state index is 12.4. The van der Waals surface area contributed by atoms with Crippen molar-refractivity contribution >= 4 is 28.8 Å². The first-order chi connectivity index (χ1) is 12.5. The number of amides is 2. The monoisotopic (exact) mass is 370 g/mol. The van der Waals surface area contributed by atoms with Gasteiger partial charge >= 0.3 is 0 Å². The van der Waals surface area contributed by atoms with Crippen LogP contribution >= 0.6 is 11.3 Å². The van der Waals surface area contributed by atoms with Crippen molar-refractivity contribution in [2.45, 2.75) is 39.5 Å². The van der Waals surface area contributed by atoms with Crippen LogP contribution in [-0.4, -0.2) is 24.9 Å². The van der Waals surface area contributed by atoms with Crippen molar-refractivity contribution in [1.29, 1.82) is 0 Å². The van der Waals surface area contributed by atoms with Gasteiger partial charge in [0.2, 0.25) is 11.8 Å². The average Bonchev–Trinajstić information content (AvgIpc) is 3.21. The number of carbonyl (C=O) groups is 2. The van der Waals surface area contributed by atoms with Crippen LogP contribution in [0, 0.1) is 12.8 Å². The molecule has 1 aromatic carbocycles. The van der Waals surface area contributed by atoms with E-state index >= 15 is 0 Å². The Hall–Kier alpha value is -2.14. The second-order valence-corrected chi connectivity index (χ2v) is 8.22. The molecule has 1 aromatic heterocycles. The summed E-state index contributed by atoms with van der Waals surface area (Å²) in [7, 11) is 0. The molecule has 0 saturated carbocycles. The quantitative estimate of drug-likeness (QED) is 0.839. The molecule has 1 aliphatic heterocycles. The number of anilines is 1. The lowest BCUT2D eigenvalue weighted by atomic mass is 10.0. The van der Waals surface area contributed by atoms with E-state index in [4.69, 9.17) is 0 Å². The SMILES string of the molecule is Cc1ccsc1CCNC(=O)C1CC(=O)N(c2ccc(C(C)C)cc2)C1. The van der Waals surface area contributed by atoms with Gasteiger partial charge in [0.25, 0.3) is 0 Å². The van der Waals surface area contributed by atoms with Crippen molar-refractivity contribution in [2.75, 3.05) is 18.0 Å². The molecule has 1 fully saturated rings. The van der Waals surface area contributed by atoms with Crippen LogP contribution in [0.3, 0.4) is 0 Å². The van der Waals surface area contributed by atoms with Crippen LogP contribution in [0.15, 0.2) is 35.7 Å². The number of rotatable bonds is 6. The second kappa shape index (κ2) is 8.04. The summed E-state index contributed by atoms with van der Waals surface area (Å²) in [4.78, 5) is 27.8. The molecule has 0 aliphatic carbocycles. The predicted molar refractivity (Wildman–Crippen MR) is 107 cm³/mol. The average molecular weight is 371 g/mol.